The molecular weight excluding hydrogens is 168 g/mol. The van der Waals surface area contributed by atoms with Gasteiger partial charge in [0.15, 0.2) is 0 Å². The fraction of sp³-hybridized carbons (Fsp3) is 0.222. The summed E-state index contributed by atoms with van der Waals surface area (Å²) in [5.74, 6) is -0.937. The number of aromatic carboxylic acids is 1. The monoisotopic (exact) mass is 180 g/mol. The van der Waals surface area contributed by atoms with Crippen molar-refractivity contribution in [3.63, 3.8) is 0 Å². The van der Waals surface area contributed by atoms with Gasteiger partial charge in [0.2, 0.25) is 0 Å². The molecule has 0 radical (unpaired) electrons. The Labute approximate surface area is 76.3 Å². The fourth-order valence-electron chi connectivity index (χ4n) is 0.944. The molecule has 3 N–H and O–H groups in total. The number of aromatic amines is 1. The van der Waals surface area contributed by atoms with Gasteiger partial charge < -0.3 is 15.4 Å². The lowest BCUT2D eigenvalue weighted by Crippen LogP contribution is -2.03. The number of carboxylic acid groups (broad SMARTS) is 1. The second-order valence-electron chi connectivity index (χ2n) is 2.61. The Bertz CT molecular complexity index is 315. The van der Waals surface area contributed by atoms with E-state index < -0.39 is 5.97 Å². The second-order valence-corrected chi connectivity index (χ2v) is 2.61. The van der Waals surface area contributed by atoms with Gasteiger partial charge in [0.25, 0.3) is 0 Å². The molecule has 0 aromatic carbocycles. The molecule has 0 fully saturated rings. The van der Waals surface area contributed by atoms with Gasteiger partial charge in [-0.05, 0) is 18.7 Å². The van der Waals surface area contributed by atoms with Crippen molar-refractivity contribution < 1.29 is 9.90 Å². The molecule has 0 unspecified atom stereocenters. The van der Waals surface area contributed by atoms with E-state index in [0.29, 0.717) is 0 Å². The molecule has 4 nitrogen and oxygen atoms in total. The van der Waals surface area contributed by atoms with Crippen LogP contribution in [-0.2, 0) is 0 Å². The minimum atomic E-state index is -0.937. The van der Waals surface area contributed by atoms with Crippen molar-refractivity contribution in [2.45, 2.75) is 0 Å². The van der Waals surface area contributed by atoms with Gasteiger partial charge >= 0.3 is 5.97 Å². The number of H-pyrrole nitrogens is 1. The van der Waals surface area contributed by atoms with Gasteiger partial charge in [-0.3, -0.25) is 0 Å². The first-order chi connectivity index (χ1) is 6.24. The summed E-state index contributed by atoms with van der Waals surface area (Å²) < 4.78 is 0. The molecule has 0 aliphatic rings. The van der Waals surface area contributed by atoms with Gasteiger partial charge in [0, 0.05) is 12.7 Å². The summed E-state index contributed by atoms with van der Waals surface area (Å²) in [5.41, 5.74) is 1.08. The number of aromatic nitrogens is 1. The smallest absolute Gasteiger partial charge is 0.352 e. The Kier molecular flexibility index (Phi) is 3.28. The van der Waals surface area contributed by atoms with E-state index in [9.17, 15) is 4.79 Å². The highest BCUT2D eigenvalue weighted by Crippen LogP contribution is 2.04. The van der Waals surface area contributed by atoms with E-state index in [-0.39, 0.29) is 5.69 Å². The van der Waals surface area contributed by atoms with Gasteiger partial charge in [-0.2, -0.15) is 0 Å². The average molecular weight is 180 g/mol. The third-order valence-electron chi connectivity index (χ3n) is 1.57. The minimum Gasteiger partial charge on any atom is -0.477 e. The lowest BCUT2D eigenvalue weighted by Gasteiger charge is -1.86. The van der Waals surface area contributed by atoms with Crippen LogP contribution >= 0.6 is 0 Å². The summed E-state index contributed by atoms with van der Waals surface area (Å²) in [4.78, 5) is 13.1. The molecule has 0 aliphatic heterocycles. The second kappa shape index (κ2) is 4.47. The molecule has 0 bridgehead atoms. The van der Waals surface area contributed by atoms with E-state index in [0.717, 1.165) is 12.1 Å². The van der Waals surface area contributed by atoms with E-state index >= 15 is 0 Å². The zero-order chi connectivity index (χ0) is 9.68. The summed E-state index contributed by atoms with van der Waals surface area (Å²) in [6.45, 7) is 0.771. The van der Waals surface area contributed by atoms with E-state index in [4.69, 9.17) is 5.11 Å². The number of hydrogen-bond donors (Lipinski definition) is 3. The summed E-state index contributed by atoms with van der Waals surface area (Å²) in [6.07, 6.45) is 5.45. The molecule has 1 rings (SSSR count). The lowest BCUT2D eigenvalue weighted by atomic mass is 10.3. The Morgan fingerprint density at radius 1 is 1.77 bits per heavy atom. The predicted octanol–water partition coefficient (Wildman–Crippen LogP) is 0.946. The van der Waals surface area contributed by atoms with E-state index in [1.54, 1.807) is 12.3 Å². The largest absolute Gasteiger partial charge is 0.477 e. The van der Waals surface area contributed by atoms with Crippen LogP contribution in [0.1, 0.15) is 16.1 Å². The van der Waals surface area contributed by atoms with Gasteiger partial charge in [-0.1, -0.05) is 12.2 Å². The Morgan fingerprint density at radius 2 is 2.54 bits per heavy atom. The maximum absolute atomic E-state index is 10.5. The minimum absolute atomic E-state index is 0.212. The average Bonchev–Trinajstić information content (AvgIpc) is 2.53. The molecule has 13 heavy (non-hydrogen) atoms. The normalized spacial score (nSPS) is 10.8. The van der Waals surface area contributed by atoms with Crippen LogP contribution in [0.3, 0.4) is 0 Å². The highest BCUT2D eigenvalue weighted by molar-refractivity contribution is 5.86. The molecule has 0 amide bonds. The number of likely N-dealkylation sites (N-methyl/N-ethyl adjacent to an activating group) is 1. The zero-order valence-electron chi connectivity index (χ0n) is 7.37. The Balaban J connectivity index is 2.64. The molecule has 1 aromatic rings. The maximum atomic E-state index is 10.5. The Hall–Kier alpha value is -1.55. The van der Waals surface area contributed by atoms with Gasteiger partial charge in [-0.15, -0.1) is 0 Å². The van der Waals surface area contributed by atoms with Crippen LogP contribution in [0.4, 0.5) is 0 Å². The molecule has 0 saturated carbocycles. The van der Waals surface area contributed by atoms with E-state index in [2.05, 4.69) is 10.3 Å². The lowest BCUT2D eigenvalue weighted by molar-refractivity contribution is 0.0691. The van der Waals surface area contributed by atoms with E-state index in [1.165, 1.54) is 0 Å². The third-order valence-corrected chi connectivity index (χ3v) is 1.57. The predicted molar refractivity (Wildman–Crippen MR) is 50.7 cm³/mol. The Morgan fingerprint density at radius 3 is 3.08 bits per heavy atom. The maximum Gasteiger partial charge on any atom is 0.352 e. The van der Waals surface area contributed by atoms with Crippen LogP contribution in [0.5, 0.6) is 0 Å². The molecule has 1 heterocycles. The SMILES string of the molecule is CNCC=Cc1c[nH]c(C(=O)O)c1. The highest BCUT2D eigenvalue weighted by atomic mass is 16.4. The van der Waals surface area contributed by atoms with Crippen LogP contribution in [0, 0.1) is 0 Å². The standard InChI is InChI=1S/C9H12N2O2/c1-10-4-2-3-7-5-8(9(12)13)11-6-7/h2-3,5-6,10-11H,4H2,1H3,(H,12,13). The zero-order valence-corrected chi connectivity index (χ0v) is 7.37. The molecule has 4 heteroatoms. The first-order valence-electron chi connectivity index (χ1n) is 3.97. The first kappa shape index (κ1) is 9.54. The fourth-order valence-corrected chi connectivity index (χ4v) is 0.944. The van der Waals surface area contributed by atoms with Crippen molar-refractivity contribution in [1.29, 1.82) is 0 Å². The number of carboxylic acids is 1. The molecular formula is C9H12N2O2. The summed E-state index contributed by atoms with van der Waals surface area (Å²) in [6, 6.07) is 1.59. The summed E-state index contributed by atoms with van der Waals surface area (Å²) in [7, 11) is 1.85. The van der Waals surface area contributed by atoms with E-state index in [1.807, 2.05) is 19.2 Å². The van der Waals surface area contributed by atoms with Crippen molar-refractivity contribution >= 4 is 12.0 Å². The number of carbonyl (C=O) groups is 1. The van der Waals surface area contributed by atoms with Gasteiger partial charge in [-0.25, -0.2) is 4.79 Å². The number of nitrogens with one attached hydrogen (secondary N) is 2. The molecule has 70 valence electrons. The number of rotatable bonds is 4. The van der Waals surface area contributed by atoms with Crippen molar-refractivity contribution in [3.8, 4) is 0 Å². The summed E-state index contributed by atoms with van der Waals surface area (Å²) >= 11 is 0. The van der Waals surface area contributed by atoms with Crippen LogP contribution in [0.25, 0.3) is 6.08 Å². The summed E-state index contributed by atoms with van der Waals surface area (Å²) in [5, 5.41) is 11.6. The van der Waals surface area contributed by atoms with Crippen LogP contribution < -0.4 is 5.32 Å². The van der Waals surface area contributed by atoms with Crippen LogP contribution in [0.2, 0.25) is 0 Å². The molecule has 1 aromatic heterocycles. The van der Waals surface area contributed by atoms with Crippen molar-refractivity contribution in [3.05, 3.63) is 29.6 Å². The van der Waals surface area contributed by atoms with Crippen LogP contribution in [-0.4, -0.2) is 29.7 Å². The molecule has 0 saturated heterocycles. The van der Waals surface area contributed by atoms with Crippen molar-refractivity contribution in [2.75, 3.05) is 13.6 Å². The first-order valence-corrected chi connectivity index (χ1v) is 3.97. The van der Waals surface area contributed by atoms with Crippen LogP contribution in [0.15, 0.2) is 18.3 Å². The molecule has 0 aliphatic carbocycles. The van der Waals surface area contributed by atoms with Gasteiger partial charge in [0.1, 0.15) is 5.69 Å². The van der Waals surface area contributed by atoms with Crippen molar-refractivity contribution in [1.82, 2.24) is 10.3 Å². The molecule has 0 atom stereocenters. The molecule has 0 spiro atoms. The quantitative estimate of drug-likeness (QED) is 0.646. The van der Waals surface area contributed by atoms with Crippen molar-refractivity contribution in [2.24, 2.45) is 0 Å². The van der Waals surface area contributed by atoms with Gasteiger partial charge in [0.05, 0.1) is 0 Å². The highest BCUT2D eigenvalue weighted by Gasteiger charge is 2.03. The number of hydrogen-bond acceptors (Lipinski definition) is 2. The third kappa shape index (κ3) is 2.76. The topological polar surface area (TPSA) is 65.1 Å².